The molecule has 114 valence electrons. The van der Waals surface area contributed by atoms with Gasteiger partial charge in [-0.25, -0.2) is 4.79 Å². The van der Waals surface area contributed by atoms with Crippen molar-refractivity contribution in [3.63, 3.8) is 0 Å². The van der Waals surface area contributed by atoms with Gasteiger partial charge in [-0.3, -0.25) is 9.69 Å². The second kappa shape index (κ2) is 7.47. The maximum Gasteiger partial charge on any atom is 0.317 e. The van der Waals surface area contributed by atoms with E-state index in [1.54, 1.807) is 0 Å². The molecule has 2 aliphatic rings. The summed E-state index contributed by atoms with van der Waals surface area (Å²) >= 11 is 0. The predicted molar refractivity (Wildman–Crippen MR) is 75.6 cm³/mol. The Labute approximate surface area is 120 Å². The molecular formula is C14H25N3O3. The SMILES string of the molecule is O=C(O)CCN1CCN(C(=O)NCCC2CCC2)CC1. The van der Waals surface area contributed by atoms with Crippen LogP contribution >= 0.6 is 0 Å². The van der Waals surface area contributed by atoms with E-state index in [9.17, 15) is 9.59 Å². The van der Waals surface area contributed by atoms with Crippen LogP contribution in [0, 0.1) is 5.92 Å². The van der Waals surface area contributed by atoms with Crippen LogP contribution in [0.2, 0.25) is 0 Å². The van der Waals surface area contributed by atoms with Crippen molar-refractivity contribution in [3.05, 3.63) is 0 Å². The molecule has 0 bridgehead atoms. The second-order valence-electron chi connectivity index (χ2n) is 5.79. The Bertz CT molecular complexity index is 337. The van der Waals surface area contributed by atoms with Crippen LogP contribution in [-0.2, 0) is 4.79 Å². The van der Waals surface area contributed by atoms with Crippen LogP contribution in [0.25, 0.3) is 0 Å². The normalized spacial score (nSPS) is 20.5. The van der Waals surface area contributed by atoms with Gasteiger partial charge in [-0.05, 0) is 12.3 Å². The average Bonchev–Trinajstić information content (AvgIpc) is 2.39. The van der Waals surface area contributed by atoms with Crippen LogP contribution in [0.1, 0.15) is 32.1 Å². The highest BCUT2D eigenvalue weighted by molar-refractivity contribution is 5.74. The van der Waals surface area contributed by atoms with Gasteiger partial charge in [-0.15, -0.1) is 0 Å². The monoisotopic (exact) mass is 283 g/mol. The van der Waals surface area contributed by atoms with Crippen LogP contribution in [-0.4, -0.2) is 66.2 Å². The molecule has 1 aliphatic heterocycles. The van der Waals surface area contributed by atoms with Gasteiger partial charge in [0.25, 0.3) is 0 Å². The molecule has 1 saturated carbocycles. The lowest BCUT2D eigenvalue weighted by Gasteiger charge is -2.34. The van der Waals surface area contributed by atoms with Crippen LogP contribution in [0.5, 0.6) is 0 Å². The summed E-state index contributed by atoms with van der Waals surface area (Å²) in [4.78, 5) is 26.4. The van der Waals surface area contributed by atoms with Gasteiger partial charge in [0.05, 0.1) is 6.42 Å². The van der Waals surface area contributed by atoms with Crippen LogP contribution in [0.15, 0.2) is 0 Å². The summed E-state index contributed by atoms with van der Waals surface area (Å²) in [5.74, 6) is 0.0596. The summed E-state index contributed by atoms with van der Waals surface area (Å²) in [6.07, 6.45) is 5.26. The maximum atomic E-state index is 12.0. The highest BCUT2D eigenvalue weighted by Gasteiger charge is 2.22. The maximum absolute atomic E-state index is 12.0. The van der Waals surface area contributed by atoms with Gasteiger partial charge in [0, 0.05) is 39.3 Å². The van der Waals surface area contributed by atoms with E-state index in [1.807, 2.05) is 4.90 Å². The predicted octanol–water partition coefficient (Wildman–Crippen LogP) is 0.978. The third-order valence-electron chi connectivity index (χ3n) is 4.35. The molecule has 0 spiro atoms. The molecule has 20 heavy (non-hydrogen) atoms. The Morgan fingerprint density at radius 3 is 2.40 bits per heavy atom. The molecule has 0 radical (unpaired) electrons. The number of amides is 2. The van der Waals surface area contributed by atoms with E-state index < -0.39 is 5.97 Å². The number of piperazine rings is 1. The Morgan fingerprint density at radius 2 is 1.85 bits per heavy atom. The standard InChI is InChI=1S/C14H25N3O3/c18-13(19)5-7-16-8-10-17(11-9-16)14(20)15-6-4-12-2-1-3-12/h12H,1-11H2,(H,15,20)(H,18,19). The number of rotatable bonds is 6. The number of nitrogens with one attached hydrogen (secondary N) is 1. The molecule has 6 heteroatoms. The van der Waals surface area contributed by atoms with Crippen LogP contribution in [0.3, 0.4) is 0 Å². The van der Waals surface area contributed by atoms with Crippen molar-refractivity contribution in [3.8, 4) is 0 Å². The fourth-order valence-corrected chi connectivity index (χ4v) is 2.70. The van der Waals surface area contributed by atoms with Crippen molar-refractivity contribution in [2.45, 2.75) is 32.1 Å². The third kappa shape index (κ3) is 4.67. The second-order valence-corrected chi connectivity index (χ2v) is 5.79. The first-order valence-electron chi connectivity index (χ1n) is 7.62. The third-order valence-corrected chi connectivity index (χ3v) is 4.35. The molecule has 2 rings (SSSR count). The number of carboxylic acid groups (broad SMARTS) is 1. The molecule has 1 heterocycles. The quantitative estimate of drug-likeness (QED) is 0.762. The van der Waals surface area contributed by atoms with Crippen LogP contribution in [0.4, 0.5) is 4.79 Å². The summed E-state index contributed by atoms with van der Waals surface area (Å²) < 4.78 is 0. The molecule has 0 atom stereocenters. The molecule has 1 aliphatic carbocycles. The Hall–Kier alpha value is -1.30. The minimum Gasteiger partial charge on any atom is -0.481 e. The Kier molecular flexibility index (Phi) is 5.64. The zero-order valence-corrected chi connectivity index (χ0v) is 12.0. The van der Waals surface area contributed by atoms with Gasteiger partial charge < -0.3 is 15.3 Å². The molecule has 2 N–H and O–H groups in total. The zero-order chi connectivity index (χ0) is 14.4. The lowest BCUT2D eigenvalue weighted by molar-refractivity contribution is -0.137. The van der Waals surface area contributed by atoms with Gasteiger partial charge in [-0.2, -0.15) is 0 Å². The first kappa shape index (κ1) is 15.1. The number of aliphatic carboxylic acids is 1. The van der Waals surface area contributed by atoms with E-state index in [-0.39, 0.29) is 12.5 Å². The first-order valence-corrected chi connectivity index (χ1v) is 7.62. The van der Waals surface area contributed by atoms with Gasteiger partial charge in [0.2, 0.25) is 0 Å². The van der Waals surface area contributed by atoms with Crippen molar-refractivity contribution in [2.75, 3.05) is 39.3 Å². The van der Waals surface area contributed by atoms with E-state index in [4.69, 9.17) is 5.11 Å². The number of nitrogens with zero attached hydrogens (tertiary/aromatic N) is 2. The molecule has 2 amide bonds. The number of urea groups is 1. The molecule has 6 nitrogen and oxygen atoms in total. The van der Waals surface area contributed by atoms with Crippen molar-refractivity contribution in [2.24, 2.45) is 5.92 Å². The van der Waals surface area contributed by atoms with E-state index in [0.717, 1.165) is 32.0 Å². The van der Waals surface area contributed by atoms with Gasteiger partial charge in [0.15, 0.2) is 0 Å². The number of carboxylic acids is 1. The van der Waals surface area contributed by atoms with Crippen molar-refractivity contribution < 1.29 is 14.7 Å². The molecule has 1 saturated heterocycles. The van der Waals surface area contributed by atoms with Gasteiger partial charge in [0.1, 0.15) is 0 Å². The fraction of sp³-hybridized carbons (Fsp3) is 0.857. The highest BCUT2D eigenvalue weighted by atomic mass is 16.4. The number of carbonyl (C=O) groups is 2. The van der Waals surface area contributed by atoms with E-state index in [0.29, 0.717) is 19.6 Å². The Morgan fingerprint density at radius 1 is 1.15 bits per heavy atom. The minimum atomic E-state index is -0.763. The Balaban J connectivity index is 1.57. The molecule has 0 unspecified atom stereocenters. The summed E-state index contributed by atoms with van der Waals surface area (Å²) in [6.45, 7) is 4.27. The van der Waals surface area contributed by atoms with Crippen molar-refractivity contribution in [1.29, 1.82) is 0 Å². The lowest BCUT2D eigenvalue weighted by Crippen LogP contribution is -2.52. The molecule has 0 aromatic rings. The van der Waals surface area contributed by atoms with E-state index >= 15 is 0 Å². The largest absolute Gasteiger partial charge is 0.481 e. The van der Waals surface area contributed by atoms with Gasteiger partial charge >= 0.3 is 12.0 Å². The highest BCUT2D eigenvalue weighted by Crippen LogP contribution is 2.28. The summed E-state index contributed by atoms with van der Waals surface area (Å²) in [6, 6.07) is 0.0298. The van der Waals surface area contributed by atoms with E-state index in [2.05, 4.69) is 10.2 Å². The summed E-state index contributed by atoms with van der Waals surface area (Å²) in [5, 5.41) is 11.6. The number of carbonyl (C=O) groups excluding carboxylic acids is 1. The fourth-order valence-electron chi connectivity index (χ4n) is 2.70. The lowest BCUT2D eigenvalue weighted by atomic mass is 9.83. The molecule has 0 aromatic carbocycles. The number of hydrogen-bond acceptors (Lipinski definition) is 3. The summed E-state index contributed by atoms with van der Waals surface area (Å²) in [5.41, 5.74) is 0. The average molecular weight is 283 g/mol. The van der Waals surface area contributed by atoms with Crippen molar-refractivity contribution in [1.82, 2.24) is 15.1 Å². The molecule has 0 aromatic heterocycles. The smallest absolute Gasteiger partial charge is 0.317 e. The zero-order valence-electron chi connectivity index (χ0n) is 12.0. The van der Waals surface area contributed by atoms with Crippen molar-refractivity contribution >= 4 is 12.0 Å². The first-order chi connectivity index (χ1) is 9.65. The molecular weight excluding hydrogens is 258 g/mol. The molecule has 2 fully saturated rings. The minimum absolute atomic E-state index is 0.0298. The van der Waals surface area contributed by atoms with E-state index in [1.165, 1.54) is 19.3 Å². The number of hydrogen-bond donors (Lipinski definition) is 2. The van der Waals surface area contributed by atoms with Crippen LogP contribution < -0.4 is 5.32 Å². The topological polar surface area (TPSA) is 72.9 Å². The summed E-state index contributed by atoms with van der Waals surface area (Å²) in [7, 11) is 0. The van der Waals surface area contributed by atoms with Gasteiger partial charge in [-0.1, -0.05) is 19.3 Å².